The molecule has 2 aliphatic carbocycles. The third-order valence-electron chi connectivity index (χ3n) is 4.98. The van der Waals surface area contributed by atoms with Gasteiger partial charge >= 0.3 is 142 Å². The Balaban J connectivity index is 0.000000815. The molecule has 0 N–H and O–H groups in total. The van der Waals surface area contributed by atoms with Crippen molar-refractivity contribution in [2.24, 2.45) is 0 Å². The van der Waals surface area contributed by atoms with Gasteiger partial charge in [-0.25, -0.2) is 0 Å². The van der Waals surface area contributed by atoms with Gasteiger partial charge in [0, 0.05) is 6.38 Å². The van der Waals surface area contributed by atoms with Crippen LogP contribution in [0.15, 0.2) is 60.7 Å². The van der Waals surface area contributed by atoms with Crippen LogP contribution in [-0.4, -0.2) is 12.3 Å². The van der Waals surface area contributed by atoms with Crippen LogP contribution in [0.2, 0.25) is 13.1 Å². The molecule has 2 aliphatic rings. The van der Waals surface area contributed by atoms with E-state index in [4.69, 9.17) is 0 Å². The predicted octanol–water partition coefficient (Wildman–Crippen LogP) is 5.98. The van der Waals surface area contributed by atoms with Crippen LogP contribution in [0.1, 0.15) is 29.5 Å². The zero-order valence-corrected chi connectivity index (χ0v) is 18.9. The summed E-state index contributed by atoms with van der Waals surface area (Å²) in [4.78, 5) is 0. The molecule has 4 rings (SSSR count). The van der Waals surface area contributed by atoms with E-state index in [1.807, 2.05) is 0 Å². The van der Waals surface area contributed by atoms with Crippen molar-refractivity contribution in [3.8, 4) is 0 Å². The van der Waals surface area contributed by atoms with Crippen molar-refractivity contribution >= 4 is 29.7 Å². The van der Waals surface area contributed by atoms with Crippen molar-refractivity contribution in [3.05, 3.63) is 82.9 Å². The molecule has 2 aromatic rings. The molecule has 0 spiro atoms. The number of rotatable bonds is 3. The molecule has 0 amide bonds. The minimum absolute atomic E-state index is 0.615. The Morgan fingerprint density at radius 3 is 1.58 bits per heavy atom. The quantitative estimate of drug-likeness (QED) is 0.415. The molecule has 0 aromatic heterocycles. The summed E-state index contributed by atoms with van der Waals surface area (Å²) >= 11 is 3.02. The van der Waals surface area contributed by atoms with Crippen LogP contribution < -0.4 is 0 Å². The Labute approximate surface area is 159 Å². The van der Waals surface area contributed by atoms with Gasteiger partial charge in [-0.2, -0.15) is 0 Å². The summed E-state index contributed by atoms with van der Waals surface area (Å²) in [6.07, 6.45) is 11.3. The van der Waals surface area contributed by atoms with E-state index >= 15 is 0 Å². The second-order valence-corrected chi connectivity index (χ2v) is 26.9. The predicted molar refractivity (Wildman–Crippen MR) is 107 cm³/mol. The monoisotopic (exact) mass is 429 g/mol. The van der Waals surface area contributed by atoms with Gasteiger partial charge in [0.15, 0.2) is 0 Å². The molecule has 2 unspecified atom stereocenters. The molecule has 0 aliphatic heterocycles. The molecule has 24 heavy (non-hydrogen) atoms. The molecule has 0 fully saturated rings. The Morgan fingerprint density at radius 2 is 1.17 bits per heavy atom. The molecular formula is C21H24ClSiZr. The van der Waals surface area contributed by atoms with Crippen LogP contribution in [0.25, 0.3) is 12.2 Å². The number of allylic oxidation sites excluding steroid dienone is 2. The molecule has 0 saturated heterocycles. The molecular weight excluding hydrogens is 407 g/mol. The van der Waals surface area contributed by atoms with E-state index in [1.54, 1.807) is 11.1 Å². The molecule has 0 heterocycles. The molecule has 0 nitrogen and oxygen atoms in total. The van der Waals surface area contributed by atoms with Gasteiger partial charge in [0.05, 0.1) is 0 Å². The summed E-state index contributed by atoms with van der Waals surface area (Å²) in [5.74, 6) is -0.615. The van der Waals surface area contributed by atoms with E-state index < -0.39 is 26.8 Å². The maximum absolute atomic E-state index is 4.64. The molecule has 0 saturated carbocycles. The van der Waals surface area contributed by atoms with Crippen molar-refractivity contribution < 1.29 is 20.9 Å². The molecule has 0 bridgehead atoms. The van der Waals surface area contributed by atoms with Gasteiger partial charge in [0.25, 0.3) is 0 Å². The standard InChI is InChI=1S/2C9H7.C2H7Si.CH3Cl.Zr/c2*1-2-5-9-7-3-6-8(9)4-1;1-3-2;1-2;/h2*1-7H;3H,1-2H3;1H3;. The van der Waals surface area contributed by atoms with Crippen molar-refractivity contribution in [2.45, 2.75) is 20.3 Å². The van der Waals surface area contributed by atoms with E-state index in [9.17, 15) is 0 Å². The Morgan fingerprint density at radius 1 is 0.750 bits per heavy atom. The fourth-order valence-corrected chi connectivity index (χ4v) is 25.0. The number of hydrogen-bond acceptors (Lipinski definition) is 0. The van der Waals surface area contributed by atoms with E-state index in [0.717, 1.165) is 7.25 Å². The first-order chi connectivity index (χ1) is 11.8. The van der Waals surface area contributed by atoms with Crippen LogP contribution in [-0.2, 0) is 20.9 Å². The Hall–Kier alpha value is -0.690. The second kappa shape index (κ2) is 8.13. The van der Waals surface area contributed by atoms with Gasteiger partial charge in [-0.3, -0.25) is 0 Å². The van der Waals surface area contributed by atoms with Gasteiger partial charge in [-0.1, -0.05) is 0 Å². The average molecular weight is 431 g/mol. The van der Waals surface area contributed by atoms with Crippen LogP contribution in [0.3, 0.4) is 0 Å². The summed E-state index contributed by atoms with van der Waals surface area (Å²) in [5.41, 5.74) is 6.18. The van der Waals surface area contributed by atoms with E-state index in [2.05, 4.69) is 97.5 Å². The first-order valence-electron chi connectivity index (χ1n) is 8.54. The van der Waals surface area contributed by atoms with Gasteiger partial charge in [0.2, 0.25) is 0 Å². The van der Waals surface area contributed by atoms with Crippen molar-refractivity contribution in [3.63, 3.8) is 0 Å². The first-order valence-corrected chi connectivity index (χ1v) is 19.3. The number of hydrogen-bond donors (Lipinski definition) is 0. The number of halogens is 1. The Bertz CT molecular complexity index is 704. The van der Waals surface area contributed by atoms with Crippen molar-refractivity contribution in [1.29, 1.82) is 0 Å². The maximum atomic E-state index is 4.64. The number of fused-ring (bicyclic) bond motifs is 2. The van der Waals surface area contributed by atoms with Crippen LogP contribution in [0, 0.1) is 0 Å². The second-order valence-electron chi connectivity index (χ2n) is 6.59. The fourth-order valence-electron chi connectivity index (χ4n) is 3.99. The van der Waals surface area contributed by atoms with Crippen LogP contribution >= 0.6 is 11.6 Å². The topological polar surface area (TPSA) is 0 Å². The minimum atomic E-state index is -1.62. The third kappa shape index (κ3) is 3.34. The number of benzene rings is 2. The molecule has 0 radical (unpaired) electrons. The van der Waals surface area contributed by atoms with Gasteiger partial charge < -0.3 is 0 Å². The zero-order chi connectivity index (χ0) is 17.1. The third-order valence-corrected chi connectivity index (χ3v) is 26.4. The summed E-state index contributed by atoms with van der Waals surface area (Å²) in [6, 6.07) is 18.1. The summed E-state index contributed by atoms with van der Waals surface area (Å²) < 4.78 is 1.57. The SMILES string of the molecule is CCl.C[SiH](C)[Zr]([CH]1C=Cc2ccccc21)[CH]1C=Cc2ccccc21. The van der Waals surface area contributed by atoms with Gasteiger partial charge in [0.1, 0.15) is 0 Å². The first kappa shape index (κ1) is 18.1. The van der Waals surface area contributed by atoms with Crippen LogP contribution in [0.4, 0.5) is 0 Å². The number of alkyl halides is 1. The summed E-state index contributed by atoms with van der Waals surface area (Å²) in [6.45, 7) is 5.19. The van der Waals surface area contributed by atoms with Crippen molar-refractivity contribution in [1.82, 2.24) is 0 Å². The fraction of sp³-hybridized carbons (Fsp3) is 0.238. The van der Waals surface area contributed by atoms with E-state index in [-0.39, 0.29) is 0 Å². The molecule has 123 valence electrons. The molecule has 2 aromatic carbocycles. The van der Waals surface area contributed by atoms with E-state index in [1.165, 1.54) is 17.5 Å². The molecule has 2 atom stereocenters. The van der Waals surface area contributed by atoms with Gasteiger partial charge in [-0.15, -0.1) is 11.6 Å². The molecule has 3 heteroatoms. The summed E-state index contributed by atoms with van der Waals surface area (Å²) in [5, 5.41) is 0. The normalized spacial score (nSPS) is 19.7. The van der Waals surface area contributed by atoms with Crippen molar-refractivity contribution in [2.75, 3.05) is 6.38 Å². The van der Waals surface area contributed by atoms with Crippen LogP contribution in [0.5, 0.6) is 0 Å². The average Bonchev–Trinajstić information content (AvgIpc) is 3.22. The van der Waals surface area contributed by atoms with E-state index in [0.29, 0.717) is 0 Å². The van der Waals surface area contributed by atoms with Gasteiger partial charge in [-0.05, 0) is 0 Å². The Kier molecular flexibility index (Phi) is 6.13. The summed E-state index contributed by atoms with van der Waals surface area (Å²) in [7, 11) is 0. The zero-order valence-electron chi connectivity index (χ0n) is 14.5.